The SMILES string of the molecule is CCCSc1nsc(NC(=O)CN2CC(O)(CCC)C2)n1. The Morgan fingerprint density at radius 1 is 1.48 bits per heavy atom. The predicted molar refractivity (Wildman–Crippen MR) is 85.9 cm³/mol. The van der Waals surface area contributed by atoms with Gasteiger partial charge in [-0.2, -0.15) is 9.36 Å². The minimum atomic E-state index is -0.596. The van der Waals surface area contributed by atoms with Crippen LogP contribution < -0.4 is 5.32 Å². The van der Waals surface area contributed by atoms with E-state index in [1.165, 1.54) is 11.5 Å². The lowest BCUT2D eigenvalue weighted by molar-refractivity contribution is -0.129. The van der Waals surface area contributed by atoms with Gasteiger partial charge in [0.2, 0.25) is 16.2 Å². The summed E-state index contributed by atoms with van der Waals surface area (Å²) >= 11 is 2.80. The Bertz CT molecular complexity index is 474. The highest BCUT2D eigenvalue weighted by Gasteiger charge is 2.40. The molecule has 0 bridgehead atoms. The van der Waals surface area contributed by atoms with E-state index in [-0.39, 0.29) is 5.91 Å². The van der Waals surface area contributed by atoms with Crippen LogP contribution in [0.25, 0.3) is 0 Å². The number of amides is 1. The lowest BCUT2D eigenvalue weighted by Crippen LogP contribution is -2.62. The highest BCUT2D eigenvalue weighted by molar-refractivity contribution is 7.99. The first-order valence-electron chi connectivity index (χ1n) is 7.26. The molecule has 0 aliphatic carbocycles. The van der Waals surface area contributed by atoms with Crippen molar-refractivity contribution in [3.63, 3.8) is 0 Å². The van der Waals surface area contributed by atoms with Crippen LogP contribution >= 0.6 is 23.3 Å². The van der Waals surface area contributed by atoms with Crippen molar-refractivity contribution < 1.29 is 9.90 Å². The molecule has 1 aliphatic rings. The number of anilines is 1. The molecule has 1 aliphatic heterocycles. The van der Waals surface area contributed by atoms with Crippen molar-refractivity contribution in [1.29, 1.82) is 0 Å². The number of nitrogens with one attached hydrogen (secondary N) is 1. The molecule has 1 saturated heterocycles. The number of carbonyl (C=O) groups excluding carboxylic acids is 1. The van der Waals surface area contributed by atoms with Crippen molar-refractivity contribution >= 4 is 34.3 Å². The normalized spacial score (nSPS) is 17.5. The lowest BCUT2D eigenvalue weighted by Gasteiger charge is -2.46. The third-order valence-corrected chi connectivity index (χ3v) is 5.01. The second kappa shape index (κ2) is 7.53. The highest BCUT2D eigenvalue weighted by Crippen LogP contribution is 2.25. The molecule has 0 radical (unpaired) electrons. The first-order valence-corrected chi connectivity index (χ1v) is 9.01. The summed E-state index contributed by atoms with van der Waals surface area (Å²) in [5.41, 5.74) is -0.596. The Labute approximate surface area is 133 Å². The second-order valence-electron chi connectivity index (χ2n) is 5.40. The molecule has 0 atom stereocenters. The van der Waals surface area contributed by atoms with Crippen LogP contribution in [0.1, 0.15) is 33.1 Å². The zero-order valence-corrected chi connectivity index (χ0v) is 14.1. The molecule has 118 valence electrons. The quantitative estimate of drug-likeness (QED) is 0.708. The molecule has 0 unspecified atom stereocenters. The van der Waals surface area contributed by atoms with E-state index in [1.54, 1.807) is 11.8 Å². The maximum absolute atomic E-state index is 11.9. The summed E-state index contributed by atoms with van der Waals surface area (Å²) in [5.74, 6) is 0.880. The Morgan fingerprint density at radius 2 is 2.24 bits per heavy atom. The fourth-order valence-electron chi connectivity index (χ4n) is 2.40. The molecular weight excluding hydrogens is 308 g/mol. The number of nitrogens with zero attached hydrogens (tertiary/aromatic N) is 3. The molecule has 6 nitrogen and oxygen atoms in total. The van der Waals surface area contributed by atoms with Gasteiger partial charge < -0.3 is 5.11 Å². The molecule has 1 fully saturated rings. The lowest BCUT2D eigenvalue weighted by atomic mass is 9.89. The minimum Gasteiger partial charge on any atom is -0.387 e. The predicted octanol–water partition coefficient (Wildman–Crippen LogP) is 1.83. The Balaban J connectivity index is 1.72. The second-order valence-corrected chi connectivity index (χ2v) is 7.21. The molecule has 2 heterocycles. The molecule has 1 amide bonds. The number of hydrogen-bond acceptors (Lipinski definition) is 7. The van der Waals surface area contributed by atoms with Gasteiger partial charge in [0.15, 0.2) is 0 Å². The Hall–Kier alpha value is -0.700. The maximum atomic E-state index is 11.9. The van der Waals surface area contributed by atoms with E-state index < -0.39 is 5.60 Å². The number of hydrogen-bond donors (Lipinski definition) is 2. The van der Waals surface area contributed by atoms with Crippen LogP contribution in [0, 0.1) is 0 Å². The van der Waals surface area contributed by atoms with Crippen LogP contribution in [-0.4, -0.2) is 56.3 Å². The van der Waals surface area contributed by atoms with Gasteiger partial charge in [0.1, 0.15) is 0 Å². The van der Waals surface area contributed by atoms with Gasteiger partial charge in [0, 0.05) is 30.4 Å². The van der Waals surface area contributed by atoms with Crippen LogP contribution in [0.15, 0.2) is 5.16 Å². The number of thioether (sulfide) groups is 1. The summed E-state index contributed by atoms with van der Waals surface area (Å²) in [5, 5.41) is 14.1. The minimum absolute atomic E-state index is 0.100. The zero-order valence-electron chi connectivity index (χ0n) is 12.5. The van der Waals surface area contributed by atoms with Gasteiger partial charge in [-0.25, -0.2) is 0 Å². The Kier molecular flexibility index (Phi) is 5.98. The van der Waals surface area contributed by atoms with Crippen molar-refractivity contribution in [1.82, 2.24) is 14.3 Å². The zero-order chi connectivity index (χ0) is 15.3. The largest absolute Gasteiger partial charge is 0.387 e. The molecule has 1 aromatic heterocycles. The van der Waals surface area contributed by atoms with Crippen molar-refractivity contribution in [2.24, 2.45) is 0 Å². The number of likely N-dealkylation sites (tertiary alicyclic amines) is 1. The van der Waals surface area contributed by atoms with Gasteiger partial charge >= 0.3 is 0 Å². The number of carbonyl (C=O) groups is 1. The molecule has 0 spiro atoms. The average Bonchev–Trinajstić information content (AvgIpc) is 2.82. The third-order valence-electron chi connectivity index (χ3n) is 3.21. The first kappa shape index (κ1) is 16.7. The summed E-state index contributed by atoms with van der Waals surface area (Å²) in [6.45, 7) is 5.60. The maximum Gasteiger partial charge on any atom is 0.240 e. The third kappa shape index (κ3) is 4.91. The summed E-state index contributed by atoms with van der Waals surface area (Å²) in [6, 6.07) is 0. The topological polar surface area (TPSA) is 78.4 Å². The summed E-state index contributed by atoms with van der Waals surface area (Å²) in [6.07, 6.45) is 2.82. The van der Waals surface area contributed by atoms with Crippen LogP contribution in [0.2, 0.25) is 0 Å². The van der Waals surface area contributed by atoms with E-state index in [9.17, 15) is 9.90 Å². The molecule has 8 heteroatoms. The fourth-order valence-corrected chi connectivity index (χ4v) is 3.81. The van der Waals surface area contributed by atoms with E-state index >= 15 is 0 Å². The van der Waals surface area contributed by atoms with E-state index in [4.69, 9.17) is 0 Å². The van der Waals surface area contributed by atoms with E-state index in [2.05, 4.69) is 28.5 Å². The standard InChI is InChI=1S/C13H22N4O2S2/c1-3-5-13(19)8-17(9-13)7-10(18)14-11-15-12(16-21-11)20-6-4-2/h19H,3-9H2,1-2H3,(H,14,15,16,18). The number of aliphatic hydroxyl groups is 1. The molecule has 0 aromatic carbocycles. The number of β-amino-alcohol motifs (C(OH)–C–C–N with tert-alkyl or cyclic N) is 1. The van der Waals surface area contributed by atoms with E-state index in [1.807, 2.05) is 4.90 Å². The monoisotopic (exact) mass is 330 g/mol. The molecule has 2 N–H and O–H groups in total. The van der Waals surface area contributed by atoms with Crippen LogP contribution in [0.3, 0.4) is 0 Å². The van der Waals surface area contributed by atoms with Gasteiger partial charge in [0.25, 0.3) is 0 Å². The molecule has 1 aromatic rings. The Morgan fingerprint density at radius 3 is 2.90 bits per heavy atom. The highest BCUT2D eigenvalue weighted by atomic mass is 32.2. The van der Waals surface area contributed by atoms with Crippen molar-refractivity contribution in [2.45, 2.75) is 43.9 Å². The van der Waals surface area contributed by atoms with Gasteiger partial charge in [-0.05, 0) is 12.8 Å². The van der Waals surface area contributed by atoms with Crippen LogP contribution in [0.4, 0.5) is 5.13 Å². The van der Waals surface area contributed by atoms with Gasteiger partial charge in [-0.15, -0.1) is 0 Å². The number of aromatic nitrogens is 2. The van der Waals surface area contributed by atoms with Crippen molar-refractivity contribution in [3.05, 3.63) is 0 Å². The summed E-state index contributed by atoms with van der Waals surface area (Å²) < 4.78 is 4.19. The smallest absolute Gasteiger partial charge is 0.240 e. The van der Waals surface area contributed by atoms with Crippen LogP contribution in [-0.2, 0) is 4.79 Å². The first-order chi connectivity index (χ1) is 10.0. The molecule has 0 saturated carbocycles. The molecule has 21 heavy (non-hydrogen) atoms. The van der Waals surface area contributed by atoms with Gasteiger partial charge in [-0.1, -0.05) is 32.0 Å². The van der Waals surface area contributed by atoms with Gasteiger partial charge in [-0.3, -0.25) is 15.0 Å². The van der Waals surface area contributed by atoms with E-state index in [0.29, 0.717) is 24.8 Å². The molecular formula is C13H22N4O2S2. The van der Waals surface area contributed by atoms with Crippen molar-refractivity contribution in [2.75, 3.05) is 30.7 Å². The summed E-state index contributed by atoms with van der Waals surface area (Å²) in [4.78, 5) is 18.1. The van der Waals surface area contributed by atoms with Gasteiger partial charge in [0.05, 0.1) is 12.1 Å². The molecule has 2 rings (SSSR count). The van der Waals surface area contributed by atoms with Crippen LogP contribution in [0.5, 0.6) is 0 Å². The fraction of sp³-hybridized carbons (Fsp3) is 0.769. The average molecular weight is 330 g/mol. The summed E-state index contributed by atoms with van der Waals surface area (Å²) in [7, 11) is 0. The van der Waals surface area contributed by atoms with E-state index in [0.717, 1.165) is 30.2 Å². The number of rotatable bonds is 8. The van der Waals surface area contributed by atoms with Crippen molar-refractivity contribution in [3.8, 4) is 0 Å².